The summed E-state index contributed by atoms with van der Waals surface area (Å²) in [6.07, 6.45) is -6.85. The Bertz CT molecular complexity index is 1430. The van der Waals surface area contributed by atoms with Crippen molar-refractivity contribution in [2.45, 2.75) is 63.0 Å². The van der Waals surface area contributed by atoms with Crippen molar-refractivity contribution >= 4 is 28.1 Å². The third kappa shape index (κ3) is 3.82. The molecule has 6 N–H and O–H groups in total. The van der Waals surface area contributed by atoms with Crippen molar-refractivity contribution in [3.63, 3.8) is 0 Å². The summed E-state index contributed by atoms with van der Waals surface area (Å²) in [4.78, 5) is 40.2. The molecule has 0 amide bonds. The molecule has 0 saturated carbocycles. The number of fused-ring (bicyclic) bond motifs is 3. The van der Waals surface area contributed by atoms with Gasteiger partial charge in [-0.3, -0.25) is 14.4 Å². The number of rotatable bonds is 4. The molecular weight excluding hydrogens is 516 g/mol. The molecule has 0 radical (unpaired) electrons. The van der Waals surface area contributed by atoms with E-state index < -0.39 is 82.4 Å². The Morgan fingerprint density at radius 1 is 1.10 bits per heavy atom. The maximum absolute atomic E-state index is 14.4. The van der Waals surface area contributed by atoms with E-state index in [4.69, 9.17) is 14.2 Å². The van der Waals surface area contributed by atoms with E-state index in [-0.39, 0.29) is 40.5 Å². The predicted molar refractivity (Wildman–Crippen MR) is 131 cm³/mol. The van der Waals surface area contributed by atoms with Gasteiger partial charge in [-0.15, -0.1) is 0 Å². The second-order valence-corrected chi connectivity index (χ2v) is 10.2. The molecule has 0 aromatic heterocycles. The molecule has 5 rings (SSSR count). The van der Waals surface area contributed by atoms with Crippen LogP contribution >= 0.6 is 0 Å². The number of carbonyl (C=O) groups excluding carboxylic acids is 3. The van der Waals surface area contributed by atoms with Gasteiger partial charge in [0, 0.05) is 25.5 Å². The number of carbonyl (C=O) groups is 3. The number of hydrogen-bond acceptors (Lipinski definition) is 12. The van der Waals surface area contributed by atoms with Gasteiger partial charge in [0.1, 0.15) is 40.8 Å². The first-order valence-electron chi connectivity index (χ1n) is 12.3. The lowest BCUT2D eigenvalue weighted by Gasteiger charge is -2.50. The van der Waals surface area contributed by atoms with Crippen molar-refractivity contribution in [2.75, 3.05) is 7.11 Å². The monoisotopic (exact) mass is 544 g/mol. The number of hydrogen-bond donors (Lipinski definition) is 6. The molecular formula is C27H28O12. The van der Waals surface area contributed by atoms with Crippen LogP contribution in [0, 0.1) is 5.92 Å². The fourth-order valence-corrected chi connectivity index (χ4v) is 6.04. The Labute approximate surface area is 221 Å². The van der Waals surface area contributed by atoms with Gasteiger partial charge in [-0.25, -0.2) is 0 Å². The number of aliphatic hydroxyl groups excluding tert-OH is 3. The molecule has 39 heavy (non-hydrogen) atoms. The van der Waals surface area contributed by atoms with E-state index in [2.05, 4.69) is 0 Å². The molecule has 0 bridgehead atoms. The van der Waals surface area contributed by atoms with Crippen LogP contribution in [0.5, 0.6) is 17.2 Å². The number of Topliss-reactive ketones (excluding diaryl/α,β-unsaturated/α-hetero) is 3. The van der Waals surface area contributed by atoms with Crippen LogP contribution in [0.25, 0.3) is 10.8 Å². The number of ketones is 3. The van der Waals surface area contributed by atoms with E-state index >= 15 is 0 Å². The van der Waals surface area contributed by atoms with E-state index in [1.165, 1.54) is 26.2 Å². The van der Waals surface area contributed by atoms with E-state index in [1.54, 1.807) is 0 Å². The summed E-state index contributed by atoms with van der Waals surface area (Å²) >= 11 is 0. The van der Waals surface area contributed by atoms with Crippen LogP contribution in [-0.2, 0) is 30.2 Å². The first-order valence-corrected chi connectivity index (χ1v) is 12.3. The summed E-state index contributed by atoms with van der Waals surface area (Å²) < 4.78 is 17.2. The molecule has 0 spiro atoms. The zero-order valence-electron chi connectivity index (χ0n) is 21.2. The second kappa shape index (κ2) is 9.28. The van der Waals surface area contributed by atoms with Crippen molar-refractivity contribution in [3.8, 4) is 17.2 Å². The van der Waals surface area contributed by atoms with Crippen LogP contribution in [0.4, 0.5) is 0 Å². The minimum Gasteiger partial charge on any atom is -0.508 e. The zero-order chi connectivity index (χ0) is 28.5. The van der Waals surface area contributed by atoms with Crippen LogP contribution in [0.3, 0.4) is 0 Å². The van der Waals surface area contributed by atoms with Gasteiger partial charge >= 0.3 is 0 Å². The maximum Gasteiger partial charge on any atom is 0.207 e. The number of methoxy groups -OCH3 is 1. The summed E-state index contributed by atoms with van der Waals surface area (Å²) in [6.45, 7) is 2.49. The van der Waals surface area contributed by atoms with Gasteiger partial charge in [0.2, 0.25) is 5.78 Å². The molecule has 3 aliphatic rings. The number of aliphatic hydroxyl groups is 3. The van der Waals surface area contributed by atoms with Crippen LogP contribution in [-0.4, -0.2) is 91.4 Å². The van der Waals surface area contributed by atoms with E-state index in [1.807, 2.05) is 0 Å². The highest BCUT2D eigenvalue weighted by Gasteiger charge is 2.65. The summed E-state index contributed by atoms with van der Waals surface area (Å²) in [6, 6.07) is 3.70. The normalized spacial score (nSPS) is 32.7. The van der Waals surface area contributed by atoms with Crippen LogP contribution < -0.4 is 0 Å². The topological polar surface area (TPSA) is 200 Å². The first-order chi connectivity index (χ1) is 18.3. The molecule has 1 heterocycles. The van der Waals surface area contributed by atoms with Crippen LogP contribution in [0.15, 0.2) is 29.5 Å². The lowest BCUT2D eigenvalue weighted by atomic mass is 9.62. The van der Waals surface area contributed by atoms with Gasteiger partial charge < -0.3 is 44.8 Å². The quantitative estimate of drug-likeness (QED) is 0.298. The third-order valence-corrected chi connectivity index (χ3v) is 7.84. The minimum absolute atomic E-state index is 0.153. The fourth-order valence-electron chi connectivity index (χ4n) is 6.04. The summed E-state index contributed by atoms with van der Waals surface area (Å²) in [5.74, 6) is -6.48. The molecule has 7 atom stereocenters. The van der Waals surface area contributed by atoms with Gasteiger partial charge in [-0.2, -0.15) is 0 Å². The summed E-state index contributed by atoms with van der Waals surface area (Å²) in [5.41, 5.74) is -3.33. The average Bonchev–Trinajstić information content (AvgIpc) is 2.83. The van der Waals surface area contributed by atoms with Crippen molar-refractivity contribution in [1.82, 2.24) is 0 Å². The average molecular weight is 545 g/mol. The van der Waals surface area contributed by atoms with Crippen LogP contribution in [0.1, 0.15) is 36.2 Å². The molecule has 1 aliphatic heterocycles. The Kier molecular flexibility index (Phi) is 6.43. The SMILES string of the molecule is CO[C@H]1C(=O)C(C(C)=O)=C(O)[C@@]2(O[C@H]3C[C@@H](O)[C@H](O)[C@@H](C)O3)C(=O)c3c(cc4cc(O)cc(O)c4c3O)CC12. The number of benzene rings is 2. The minimum atomic E-state index is -2.48. The highest BCUT2D eigenvalue weighted by atomic mass is 16.7. The Morgan fingerprint density at radius 3 is 2.41 bits per heavy atom. The molecule has 12 heteroatoms. The Morgan fingerprint density at radius 2 is 1.79 bits per heavy atom. The van der Waals surface area contributed by atoms with Crippen LogP contribution in [0.2, 0.25) is 0 Å². The number of phenolic OH excluding ortho intramolecular Hbond substituents is 3. The molecule has 2 aromatic rings. The van der Waals surface area contributed by atoms with Gasteiger partial charge in [0.05, 0.1) is 23.2 Å². The van der Waals surface area contributed by atoms with Crippen molar-refractivity contribution in [3.05, 3.63) is 40.7 Å². The molecule has 2 aliphatic carbocycles. The number of ether oxygens (including phenoxy) is 3. The van der Waals surface area contributed by atoms with E-state index in [9.17, 15) is 45.0 Å². The second-order valence-electron chi connectivity index (χ2n) is 10.2. The van der Waals surface area contributed by atoms with Crippen molar-refractivity contribution < 1.29 is 59.2 Å². The lowest BCUT2D eigenvalue weighted by molar-refractivity contribution is -0.281. The zero-order valence-corrected chi connectivity index (χ0v) is 21.2. The summed E-state index contributed by atoms with van der Waals surface area (Å²) in [5, 5.41) is 63.6. The maximum atomic E-state index is 14.4. The van der Waals surface area contributed by atoms with Gasteiger partial charge in [0.15, 0.2) is 23.5 Å². The highest BCUT2D eigenvalue weighted by molar-refractivity contribution is 6.25. The largest absolute Gasteiger partial charge is 0.508 e. The molecule has 1 fully saturated rings. The Balaban J connectivity index is 1.78. The van der Waals surface area contributed by atoms with Crippen molar-refractivity contribution in [1.29, 1.82) is 0 Å². The van der Waals surface area contributed by atoms with E-state index in [0.29, 0.717) is 0 Å². The summed E-state index contributed by atoms with van der Waals surface area (Å²) in [7, 11) is 1.20. The molecule has 208 valence electrons. The highest BCUT2D eigenvalue weighted by Crippen LogP contribution is 2.52. The molecule has 1 saturated heterocycles. The fraction of sp³-hybridized carbons (Fsp3) is 0.444. The van der Waals surface area contributed by atoms with Gasteiger partial charge in [-0.05, 0) is 43.4 Å². The molecule has 2 aromatic carbocycles. The van der Waals surface area contributed by atoms with Crippen molar-refractivity contribution in [2.24, 2.45) is 5.92 Å². The lowest BCUT2D eigenvalue weighted by Crippen LogP contribution is -2.65. The smallest absolute Gasteiger partial charge is 0.207 e. The predicted octanol–water partition coefficient (Wildman–Crippen LogP) is 0.923. The molecule has 1 unspecified atom stereocenters. The van der Waals surface area contributed by atoms with E-state index in [0.717, 1.165) is 13.0 Å². The van der Waals surface area contributed by atoms with Gasteiger partial charge in [0.25, 0.3) is 0 Å². The third-order valence-electron chi connectivity index (χ3n) is 7.84. The number of phenols is 3. The molecule has 12 nitrogen and oxygen atoms in total. The Hall–Kier alpha value is -3.55. The standard InChI is InChI=1S/C27H28O12/c1-9(28)18-23(34)24(37-3)14-6-12-4-11-5-13(29)7-15(30)19(11)22(33)20(12)26(36)27(14,25(18)35)39-17-8-16(31)21(32)10(2)38-17/h4-5,7,10,14,16-17,21,24,29-33,35H,6,8H2,1-3H3/t10-,14?,16-,17+,21-,24-,27-/m1/s1. The first kappa shape index (κ1) is 27.0. The number of aromatic hydroxyl groups is 3. The van der Waals surface area contributed by atoms with Gasteiger partial charge in [-0.1, -0.05) is 0 Å².